The summed E-state index contributed by atoms with van der Waals surface area (Å²) in [4.78, 5) is 23.3. The molecule has 1 aliphatic rings. The molecule has 1 saturated heterocycles. The fourth-order valence-electron chi connectivity index (χ4n) is 2.71. The summed E-state index contributed by atoms with van der Waals surface area (Å²) in [7, 11) is 0. The van der Waals surface area contributed by atoms with Crippen molar-refractivity contribution in [2.24, 2.45) is 11.8 Å². The minimum atomic E-state index is -0.839. The Morgan fingerprint density at radius 2 is 2.24 bits per heavy atom. The Hall–Kier alpha value is -2.62. The molecule has 2 atom stereocenters. The van der Waals surface area contributed by atoms with Crippen LogP contribution in [0.25, 0.3) is 0 Å². The van der Waals surface area contributed by atoms with Crippen LogP contribution >= 0.6 is 0 Å². The van der Waals surface area contributed by atoms with E-state index in [1.54, 1.807) is 6.07 Å². The van der Waals surface area contributed by atoms with E-state index in [1.807, 2.05) is 17.9 Å². The number of nitro groups is 1. The summed E-state index contributed by atoms with van der Waals surface area (Å²) in [5.74, 6) is -1.09. The highest BCUT2D eigenvalue weighted by Gasteiger charge is 2.30. The zero-order valence-electron chi connectivity index (χ0n) is 11.5. The topological polar surface area (TPSA) is 107 Å². The molecule has 1 N–H and O–H groups in total. The molecule has 7 nitrogen and oxygen atoms in total. The van der Waals surface area contributed by atoms with Gasteiger partial charge in [0.1, 0.15) is 11.6 Å². The molecule has 2 unspecified atom stereocenters. The van der Waals surface area contributed by atoms with Crippen LogP contribution in [-0.2, 0) is 4.79 Å². The van der Waals surface area contributed by atoms with E-state index in [0.717, 1.165) is 0 Å². The lowest BCUT2D eigenvalue weighted by Gasteiger charge is -2.36. The van der Waals surface area contributed by atoms with E-state index in [1.165, 1.54) is 12.1 Å². The molecule has 7 heteroatoms. The average molecular weight is 289 g/mol. The SMILES string of the molecule is CC1CC(C(=O)O)CN(c2ccc([N+](=O)[O-])c(C#N)c2)C1. The molecule has 0 spiro atoms. The number of rotatable bonds is 3. The monoisotopic (exact) mass is 289 g/mol. The van der Waals surface area contributed by atoms with E-state index in [0.29, 0.717) is 25.2 Å². The lowest BCUT2D eigenvalue weighted by atomic mass is 9.90. The van der Waals surface area contributed by atoms with Crippen molar-refractivity contribution >= 4 is 17.3 Å². The maximum atomic E-state index is 11.2. The van der Waals surface area contributed by atoms with Gasteiger partial charge in [0.15, 0.2) is 0 Å². The fraction of sp³-hybridized carbons (Fsp3) is 0.429. The number of hydrogen-bond acceptors (Lipinski definition) is 5. The van der Waals surface area contributed by atoms with Crippen LogP contribution in [0.5, 0.6) is 0 Å². The second-order valence-corrected chi connectivity index (χ2v) is 5.35. The van der Waals surface area contributed by atoms with Crippen molar-refractivity contribution in [2.75, 3.05) is 18.0 Å². The van der Waals surface area contributed by atoms with E-state index in [9.17, 15) is 20.0 Å². The third-order valence-corrected chi connectivity index (χ3v) is 3.67. The van der Waals surface area contributed by atoms with Crippen molar-refractivity contribution in [3.8, 4) is 6.07 Å². The van der Waals surface area contributed by atoms with Gasteiger partial charge in [-0.25, -0.2) is 0 Å². The third-order valence-electron chi connectivity index (χ3n) is 3.67. The molecular formula is C14H15N3O4. The van der Waals surface area contributed by atoms with Gasteiger partial charge in [-0.15, -0.1) is 0 Å². The molecule has 1 fully saturated rings. The number of carboxylic acids is 1. The van der Waals surface area contributed by atoms with Gasteiger partial charge in [0.2, 0.25) is 0 Å². The van der Waals surface area contributed by atoms with Crippen molar-refractivity contribution in [3.63, 3.8) is 0 Å². The Balaban J connectivity index is 2.31. The van der Waals surface area contributed by atoms with Gasteiger partial charge in [-0.05, 0) is 24.5 Å². The number of nitro benzene ring substituents is 1. The third kappa shape index (κ3) is 3.11. The second kappa shape index (κ2) is 5.79. The van der Waals surface area contributed by atoms with Gasteiger partial charge in [-0.2, -0.15) is 5.26 Å². The van der Waals surface area contributed by atoms with E-state index >= 15 is 0 Å². The summed E-state index contributed by atoms with van der Waals surface area (Å²) in [6.07, 6.45) is 0.615. The molecular weight excluding hydrogens is 274 g/mol. The number of hydrogen-bond donors (Lipinski definition) is 1. The van der Waals surface area contributed by atoms with Crippen LogP contribution in [0.4, 0.5) is 11.4 Å². The fourth-order valence-corrected chi connectivity index (χ4v) is 2.71. The Morgan fingerprint density at radius 3 is 2.81 bits per heavy atom. The van der Waals surface area contributed by atoms with Crippen LogP contribution in [0.2, 0.25) is 0 Å². The van der Waals surface area contributed by atoms with Crippen molar-refractivity contribution in [1.82, 2.24) is 0 Å². The summed E-state index contributed by atoms with van der Waals surface area (Å²) in [5.41, 5.74) is 0.402. The Kier molecular flexibility index (Phi) is 4.08. The Morgan fingerprint density at radius 1 is 1.52 bits per heavy atom. The first kappa shape index (κ1) is 14.8. The summed E-state index contributed by atoms with van der Waals surface area (Å²) in [5, 5.41) is 29.0. The zero-order chi connectivity index (χ0) is 15.6. The number of carbonyl (C=O) groups is 1. The van der Waals surface area contributed by atoms with E-state index in [4.69, 9.17) is 5.26 Å². The minimum Gasteiger partial charge on any atom is -0.481 e. The van der Waals surface area contributed by atoms with Gasteiger partial charge in [-0.3, -0.25) is 14.9 Å². The van der Waals surface area contributed by atoms with Gasteiger partial charge in [0, 0.05) is 24.8 Å². The van der Waals surface area contributed by atoms with Gasteiger partial charge in [0.05, 0.1) is 10.8 Å². The number of nitriles is 1. The molecule has 0 saturated carbocycles. The van der Waals surface area contributed by atoms with Crippen molar-refractivity contribution in [2.45, 2.75) is 13.3 Å². The highest BCUT2D eigenvalue weighted by Crippen LogP contribution is 2.30. The summed E-state index contributed by atoms with van der Waals surface area (Å²) >= 11 is 0. The largest absolute Gasteiger partial charge is 0.481 e. The van der Waals surface area contributed by atoms with Crippen LogP contribution in [0.3, 0.4) is 0 Å². The van der Waals surface area contributed by atoms with E-state index in [-0.39, 0.29) is 17.2 Å². The molecule has 0 bridgehead atoms. The maximum Gasteiger partial charge on any atom is 0.308 e. The predicted octanol–water partition coefficient (Wildman–Crippen LogP) is 2.01. The highest BCUT2D eigenvalue weighted by molar-refractivity contribution is 5.71. The number of piperidine rings is 1. The molecule has 1 aliphatic heterocycles. The normalized spacial score (nSPS) is 21.6. The smallest absolute Gasteiger partial charge is 0.308 e. The number of nitrogens with zero attached hydrogens (tertiary/aromatic N) is 3. The minimum absolute atomic E-state index is 0.0115. The predicted molar refractivity (Wildman–Crippen MR) is 74.9 cm³/mol. The zero-order valence-corrected chi connectivity index (χ0v) is 11.5. The molecule has 2 rings (SSSR count). The Bertz CT molecular complexity index is 623. The van der Waals surface area contributed by atoms with Gasteiger partial charge in [-0.1, -0.05) is 6.92 Å². The van der Waals surface area contributed by atoms with Crippen LogP contribution in [0.15, 0.2) is 18.2 Å². The lowest BCUT2D eigenvalue weighted by molar-refractivity contribution is -0.385. The molecule has 1 aromatic rings. The molecule has 0 aromatic heterocycles. The van der Waals surface area contributed by atoms with Gasteiger partial charge < -0.3 is 10.0 Å². The lowest BCUT2D eigenvalue weighted by Crippen LogP contribution is -2.42. The Labute approximate surface area is 121 Å². The van der Waals surface area contributed by atoms with Gasteiger partial charge in [0.25, 0.3) is 5.69 Å². The first-order valence-corrected chi connectivity index (χ1v) is 6.58. The van der Waals surface area contributed by atoms with Gasteiger partial charge >= 0.3 is 5.97 Å². The molecule has 110 valence electrons. The van der Waals surface area contributed by atoms with Crippen LogP contribution < -0.4 is 4.90 Å². The molecule has 0 amide bonds. The first-order chi connectivity index (χ1) is 9.92. The van der Waals surface area contributed by atoms with Crippen molar-refractivity contribution in [3.05, 3.63) is 33.9 Å². The number of anilines is 1. The molecule has 1 heterocycles. The number of benzene rings is 1. The maximum absolute atomic E-state index is 11.2. The van der Waals surface area contributed by atoms with Crippen molar-refractivity contribution in [1.29, 1.82) is 5.26 Å². The highest BCUT2D eigenvalue weighted by atomic mass is 16.6. The van der Waals surface area contributed by atoms with E-state index < -0.39 is 16.8 Å². The van der Waals surface area contributed by atoms with E-state index in [2.05, 4.69) is 0 Å². The summed E-state index contributed by atoms with van der Waals surface area (Å²) in [6.45, 7) is 2.99. The molecule has 21 heavy (non-hydrogen) atoms. The van der Waals surface area contributed by atoms with Crippen LogP contribution in [-0.4, -0.2) is 29.1 Å². The van der Waals surface area contributed by atoms with Crippen molar-refractivity contribution < 1.29 is 14.8 Å². The first-order valence-electron chi connectivity index (χ1n) is 6.58. The standard InChI is InChI=1S/C14H15N3O4/c1-9-4-11(14(18)19)8-16(7-9)12-2-3-13(17(20)21)10(5-12)6-15/h2-3,5,9,11H,4,7-8H2,1H3,(H,18,19). The number of carboxylic acid groups (broad SMARTS) is 1. The number of aliphatic carboxylic acids is 1. The average Bonchev–Trinajstić information content (AvgIpc) is 2.45. The molecule has 0 aliphatic carbocycles. The summed E-state index contributed by atoms with van der Waals surface area (Å²) < 4.78 is 0. The quantitative estimate of drug-likeness (QED) is 0.673. The van der Waals surface area contributed by atoms with Crippen LogP contribution in [0.1, 0.15) is 18.9 Å². The summed E-state index contributed by atoms with van der Waals surface area (Å²) in [6, 6.07) is 6.13. The second-order valence-electron chi connectivity index (χ2n) is 5.35. The van der Waals surface area contributed by atoms with Crippen LogP contribution in [0, 0.1) is 33.3 Å². The molecule has 0 radical (unpaired) electrons. The molecule has 1 aromatic carbocycles.